The van der Waals surface area contributed by atoms with Gasteiger partial charge in [0.1, 0.15) is 0 Å². The maximum atomic E-state index is 8.70. The molecule has 0 saturated carbocycles. The molecule has 102 valence electrons. The van der Waals surface area contributed by atoms with Crippen molar-refractivity contribution in [2.24, 2.45) is 0 Å². The zero-order valence-electron chi connectivity index (χ0n) is 11.4. The highest BCUT2D eigenvalue weighted by Gasteiger charge is 2.22. The molecule has 0 aromatic carbocycles. The molecule has 0 atom stereocenters. The van der Waals surface area contributed by atoms with Gasteiger partial charge in [-0.25, -0.2) is 0 Å². The van der Waals surface area contributed by atoms with Crippen LogP contribution >= 0.6 is 0 Å². The standard InChI is InChI=1S/C13H27NO3/c1-13(2,16-3)6-9-14-7-4-12(5-8-14)17-11-10-15/h12,15H,4-11H2,1-3H3. The van der Waals surface area contributed by atoms with Crippen LogP contribution in [-0.2, 0) is 9.47 Å². The number of hydrogen-bond donors (Lipinski definition) is 1. The number of likely N-dealkylation sites (tertiary alicyclic amines) is 1. The predicted molar refractivity (Wildman–Crippen MR) is 68.2 cm³/mol. The van der Waals surface area contributed by atoms with Crippen LogP contribution in [0.5, 0.6) is 0 Å². The highest BCUT2D eigenvalue weighted by atomic mass is 16.5. The Morgan fingerprint density at radius 3 is 2.47 bits per heavy atom. The Labute approximate surface area is 105 Å². The normalized spacial score (nSPS) is 19.8. The van der Waals surface area contributed by atoms with Crippen LogP contribution in [0.25, 0.3) is 0 Å². The quantitative estimate of drug-likeness (QED) is 0.733. The van der Waals surface area contributed by atoms with Crippen molar-refractivity contribution in [3.05, 3.63) is 0 Å². The van der Waals surface area contributed by atoms with E-state index >= 15 is 0 Å². The van der Waals surface area contributed by atoms with E-state index in [1.54, 1.807) is 7.11 Å². The van der Waals surface area contributed by atoms with Gasteiger partial charge in [-0.3, -0.25) is 0 Å². The van der Waals surface area contributed by atoms with Crippen LogP contribution < -0.4 is 0 Å². The highest BCUT2D eigenvalue weighted by molar-refractivity contribution is 4.76. The lowest BCUT2D eigenvalue weighted by Crippen LogP contribution is -2.40. The molecule has 4 nitrogen and oxygen atoms in total. The number of hydrogen-bond acceptors (Lipinski definition) is 4. The maximum Gasteiger partial charge on any atom is 0.0701 e. The van der Waals surface area contributed by atoms with Crippen molar-refractivity contribution in [1.82, 2.24) is 4.90 Å². The number of piperidine rings is 1. The smallest absolute Gasteiger partial charge is 0.0701 e. The third-order valence-corrected chi connectivity index (χ3v) is 3.56. The molecule has 1 fully saturated rings. The molecule has 1 rings (SSSR count). The van der Waals surface area contributed by atoms with Gasteiger partial charge in [-0.15, -0.1) is 0 Å². The van der Waals surface area contributed by atoms with E-state index in [1.807, 2.05) is 0 Å². The molecule has 0 spiro atoms. The molecule has 4 heteroatoms. The van der Waals surface area contributed by atoms with E-state index in [0.717, 1.165) is 38.9 Å². The van der Waals surface area contributed by atoms with E-state index in [4.69, 9.17) is 14.6 Å². The first-order valence-electron chi connectivity index (χ1n) is 6.57. The van der Waals surface area contributed by atoms with E-state index in [2.05, 4.69) is 18.7 Å². The number of ether oxygens (including phenoxy) is 2. The van der Waals surface area contributed by atoms with Gasteiger partial charge in [-0.1, -0.05) is 0 Å². The van der Waals surface area contributed by atoms with Gasteiger partial charge in [0.15, 0.2) is 0 Å². The summed E-state index contributed by atoms with van der Waals surface area (Å²) in [5.74, 6) is 0. The molecule has 0 bridgehead atoms. The minimum absolute atomic E-state index is 0.0236. The Hall–Kier alpha value is -0.160. The Morgan fingerprint density at radius 2 is 1.94 bits per heavy atom. The summed E-state index contributed by atoms with van der Waals surface area (Å²) in [6.45, 7) is 8.14. The molecule has 0 unspecified atom stereocenters. The van der Waals surface area contributed by atoms with Gasteiger partial charge in [-0.2, -0.15) is 0 Å². The fraction of sp³-hybridized carbons (Fsp3) is 1.00. The predicted octanol–water partition coefficient (Wildman–Crippen LogP) is 1.27. The lowest BCUT2D eigenvalue weighted by Gasteiger charge is -2.34. The molecule has 0 aliphatic carbocycles. The first-order valence-corrected chi connectivity index (χ1v) is 6.57. The summed E-state index contributed by atoms with van der Waals surface area (Å²) >= 11 is 0. The third kappa shape index (κ3) is 5.82. The number of rotatable bonds is 7. The highest BCUT2D eigenvalue weighted by Crippen LogP contribution is 2.17. The monoisotopic (exact) mass is 245 g/mol. The van der Waals surface area contributed by atoms with E-state index in [1.165, 1.54) is 0 Å². The molecule has 1 N–H and O–H groups in total. The van der Waals surface area contributed by atoms with Gasteiger partial charge in [0, 0.05) is 26.7 Å². The Morgan fingerprint density at radius 1 is 1.29 bits per heavy atom. The molecule has 1 saturated heterocycles. The van der Waals surface area contributed by atoms with Crippen LogP contribution in [0.2, 0.25) is 0 Å². The second-order valence-corrected chi connectivity index (χ2v) is 5.35. The largest absolute Gasteiger partial charge is 0.394 e. The van der Waals surface area contributed by atoms with Gasteiger partial charge >= 0.3 is 0 Å². The van der Waals surface area contributed by atoms with Gasteiger partial charge in [-0.05, 0) is 33.1 Å². The SMILES string of the molecule is COC(C)(C)CCN1CCC(OCCO)CC1. The Kier molecular flexibility index (Phi) is 6.41. The van der Waals surface area contributed by atoms with E-state index in [9.17, 15) is 0 Å². The summed E-state index contributed by atoms with van der Waals surface area (Å²) in [5, 5.41) is 8.70. The molecule has 0 aromatic heterocycles. The van der Waals surface area contributed by atoms with Crippen molar-refractivity contribution in [3.8, 4) is 0 Å². The van der Waals surface area contributed by atoms with Gasteiger partial charge in [0.05, 0.1) is 24.9 Å². The number of aliphatic hydroxyl groups excluding tert-OH is 1. The van der Waals surface area contributed by atoms with Crippen LogP contribution in [0.15, 0.2) is 0 Å². The molecule has 1 aliphatic heterocycles. The molecule has 0 amide bonds. The minimum atomic E-state index is -0.0236. The van der Waals surface area contributed by atoms with Crippen molar-refractivity contribution in [2.75, 3.05) is 40.0 Å². The van der Waals surface area contributed by atoms with Crippen molar-refractivity contribution >= 4 is 0 Å². The summed E-state index contributed by atoms with van der Waals surface area (Å²) in [4.78, 5) is 2.47. The number of methoxy groups -OCH3 is 1. The Balaban J connectivity index is 2.15. The molecular formula is C13H27NO3. The summed E-state index contributed by atoms with van der Waals surface area (Å²) < 4.78 is 11.0. The van der Waals surface area contributed by atoms with E-state index < -0.39 is 0 Å². The van der Waals surface area contributed by atoms with Crippen LogP contribution in [0, 0.1) is 0 Å². The maximum absolute atomic E-state index is 8.70. The molecule has 1 aliphatic rings. The van der Waals surface area contributed by atoms with Crippen LogP contribution in [-0.4, -0.2) is 61.7 Å². The number of aliphatic hydroxyl groups is 1. The molecule has 0 radical (unpaired) electrons. The van der Waals surface area contributed by atoms with Crippen molar-refractivity contribution in [3.63, 3.8) is 0 Å². The topological polar surface area (TPSA) is 41.9 Å². The lowest BCUT2D eigenvalue weighted by atomic mass is 10.0. The van der Waals surface area contributed by atoms with Crippen LogP contribution in [0.1, 0.15) is 33.1 Å². The molecule has 1 heterocycles. The fourth-order valence-electron chi connectivity index (χ4n) is 2.05. The van der Waals surface area contributed by atoms with E-state index in [-0.39, 0.29) is 12.2 Å². The minimum Gasteiger partial charge on any atom is -0.394 e. The lowest BCUT2D eigenvalue weighted by molar-refractivity contribution is -0.0198. The summed E-state index contributed by atoms with van der Waals surface area (Å²) in [6, 6.07) is 0. The van der Waals surface area contributed by atoms with Gasteiger partial charge in [0.25, 0.3) is 0 Å². The van der Waals surface area contributed by atoms with Crippen molar-refractivity contribution < 1.29 is 14.6 Å². The van der Waals surface area contributed by atoms with Gasteiger partial charge < -0.3 is 19.5 Å². The number of nitrogens with zero attached hydrogens (tertiary/aromatic N) is 1. The first kappa shape index (κ1) is 14.9. The zero-order valence-corrected chi connectivity index (χ0v) is 11.4. The van der Waals surface area contributed by atoms with Gasteiger partial charge in [0.2, 0.25) is 0 Å². The van der Waals surface area contributed by atoms with Crippen molar-refractivity contribution in [1.29, 1.82) is 0 Å². The Bertz CT molecular complexity index is 201. The van der Waals surface area contributed by atoms with Crippen LogP contribution in [0.4, 0.5) is 0 Å². The third-order valence-electron chi connectivity index (χ3n) is 3.56. The molecular weight excluding hydrogens is 218 g/mol. The average molecular weight is 245 g/mol. The summed E-state index contributed by atoms with van der Waals surface area (Å²) in [5.41, 5.74) is -0.0236. The molecule has 17 heavy (non-hydrogen) atoms. The summed E-state index contributed by atoms with van der Waals surface area (Å²) in [6.07, 6.45) is 3.56. The fourth-order valence-corrected chi connectivity index (χ4v) is 2.05. The molecule has 0 aromatic rings. The first-order chi connectivity index (χ1) is 8.07. The van der Waals surface area contributed by atoms with E-state index in [0.29, 0.717) is 12.7 Å². The second kappa shape index (κ2) is 7.31. The second-order valence-electron chi connectivity index (χ2n) is 5.35. The average Bonchev–Trinajstić information content (AvgIpc) is 2.35. The summed E-state index contributed by atoms with van der Waals surface area (Å²) in [7, 11) is 1.77. The van der Waals surface area contributed by atoms with Crippen LogP contribution in [0.3, 0.4) is 0 Å². The zero-order chi connectivity index (χ0) is 12.7. The van der Waals surface area contributed by atoms with Crippen molar-refractivity contribution in [2.45, 2.75) is 44.8 Å².